The van der Waals surface area contributed by atoms with Gasteiger partial charge in [-0.1, -0.05) is 62.2 Å². The Morgan fingerprint density at radius 2 is 1.69 bits per heavy atom. The van der Waals surface area contributed by atoms with Crippen molar-refractivity contribution in [2.75, 3.05) is 0 Å². The third kappa shape index (κ3) is 5.41. The van der Waals surface area contributed by atoms with E-state index in [9.17, 15) is 4.79 Å². The molecule has 0 aliphatic heterocycles. The van der Waals surface area contributed by atoms with Crippen molar-refractivity contribution in [2.24, 2.45) is 5.92 Å². The summed E-state index contributed by atoms with van der Waals surface area (Å²) in [4.78, 5) is 18.6. The number of benzene rings is 2. The van der Waals surface area contributed by atoms with Crippen molar-refractivity contribution in [1.29, 1.82) is 0 Å². The summed E-state index contributed by atoms with van der Waals surface area (Å²) in [5.74, 6) is 1.05. The zero-order chi connectivity index (χ0) is 26.0. The van der Waals surface area contributed by atoms with Crippen LogP contribution in [0.3, 0.4) is 0 Å². The molecule has 0 radical (unpaired) electrons. The average molecular weight is 487 g/mol. The quantitative estimate of drug-likeness (QED) is 0.329. The number of hydrogen-bond donors (Lipinski definition) is 1. The highest BCUT2D eigenvalue weighted by Gasteiger charge is 2.33. The number of nitrogens with one attached hydrogen (secondary N) is 1. The van der Waals surface area contributed by atoms with Crippen LogP contribution in [-0.2, 0) is 18.6 Å². The van der Waals surface area contributed by atoms with Crippen molar-refractivity contribution in [2.45, 2.75) is 79.6 Å². The van der Waals surface area contributed by atoms with Crippen LogP contribution in [0.15, 0.2) is 53.3 Å². The first-order chi connectivity index (χ1) is 17.1. The summed E-state index contributed by atoms with van der Waals surface area (Å²) >= 11 is 0. The summed E-state index contributed by atoms with van der Waals surface area (Å²) in [6, 6.07) is 16.6. The minimum Gasteiger partial charge on any atom is -0.322 e. The Labute approximate surface area is 213 Å². The molecular weight excluding hydrogens is 448 g/mol. The molecule has 0 saturated carbocycles. The molecule has 36 heavy (non-hydrogen) atoms. The zero-order valence-corrected chi connectivity index (χ0v) is 22.5. The molecule has 1 N–H and O–H groups in total. The highest BCUT2D eigenvalue weighted by atomic mass is 16.1. The summed E-state index contributed by atoms with van der Waals surface area (Å²) in [6.07, 6.45) is 0.900. The van der Waals surface area contributed by atoms with E-state index in [0.29, 0.717) is 13.1 Å². The fraction of sp³-hybridized carbons (Fsp3) is 0.448. The number of fused-ring (bicyclic) bond motifs is 1. The number of aryl methyl sites for hydroxylation is 2. The van der Waals surface area contributed by atoms with Gasteiger partial charge < -0.3 is 4.98 Å². The number of rotatable bonds is 9. The number of hydrogen-bond acceptors (Lipinski definition) is 5. The van der Waals surface area contributed by atoms with Gasteiger partial charge in [-0.05, 0) is 79.6 Å². The smallest absolute Gasteiger partial charge is 0.252 e. The molecule has 2 aromatic carbocycles. The highest BCUT2D eigenvalue weighted by Crippen LogP contribution is 2.33. The predicted molar refractivity (Wildman–Crippen MR) is 145 cm³/mol. The Balaban J connectivity index is 1.81. The number of tetrazole rings is 1. The van der Waals surface area contributed by atoms with Crippen molar-refractivity contribution < 1.29 is 0 Å². The van der Waals surface area contributed by atoms with Crippen molar-refractivity contribution in [3.05, 3.63) is 87.0 Å². The lowest BCUT2D eigenvalue weighted by Crippen LogP contribution is -2.38. The second-order valence-electron chi connectivity index (χ2n) is 10.9. The van der Waals surface area contributed by atoms with Gasteiger partial charge in [0.1, 0.15) is 0 Å². The van der Waals surface area contributed by atoms with Crippen LogP contribution in [0.5, 0.6) is 0 Å². The van der Waals surface area contributed by atoms with E-state index in [4.69, 9.17) is 0 Å². The van der Waals surface area contributed by atoms with Crippen LogP contribution in [0, 0.1) is 19.8 Å². The van der Waals surface area contributed by atoms with Crippen molar-refractivity contribution in [3.8, 4) is 0 Å². The van der Waals surface area contributed by atoms with Gasteiger partial charge in [-0.2, -0.15) is 0 Å². The summed E-state index contributed by atoms with van der Waals surface area (Å²) in [6.45, 7) is 16.2. The van der Waals surface area contributed by atoms with E-state index < -0.39 is 0 Å². The molecule has 0 bridgehead atoms. The van der Waals surface area contributed by atoms with Gasteiger partial charge in [0.25, 0.3) is 5.56 Å². The molecule has 2 aromatic heterocycles. The zero-order valence-electron chi connectivity index (χ0n) is 22.5. The maximum Gasteiger partial charge on any atom is 0.252 e. The number of pyridine rings is 1. The third-order valence-electron chi connectivity index (χ3n) is 7.18. The molecule has 7 heteroatoms. The van der Waals surface area contributed by atoms with Gasteiger partial charge in [0.15, 0.2) is 5.82 Å². The van der Waals surface area contributed by atoms with Crippen LogP contribution in [0.1, 0.15) is 75.2 Å². The molecule has 1 atom stereocenters. The Hall–Kier alpha value is -3.32. The van der Waals surface area contributed by atoms with Crippen molar-refractivity contribution in [1.82, 2.24) is 30.1 Å². The molecule has 0 saturated heterocycles. The molecule has 0 fully saturated rings. The number of aromatic nitrogens is 5. The third-order valence-corrected chi connectivity index (χ3v) is 7.18. The van der Waals surface area contributed by atoms with Crippen LogP contribution in [0.4, 0.5) is 0 Å². The first kappa shape index (κ1) is 25.8. The largest absolute Gasteiger partial charge is 0.322 e. The van der Waals surface area contributed by atoms with Crippen molar-refractivity contribution >= 4 is 10.9 Å². The Kier molecular flexibility index (Phi) is 7.41. The maximum atomic E-state index is 13.2. The van der Waals surface area contributed by atoms with Crippen LogP contribution in [0.2, 0.25) is 0 Å². The molecular formula is C29H38N6O. The lowest BCUT2D eigenvalue weighted by Gasteiger charge is -2.35. The van der Waals surface area contributed by atoms with Gasteiger partial charge >= 0.3 is 0 Å². The van der Waals surface area contributed by atoms with E-state index in [1.807, 2.05) is 22.9 Å². The monoisotopic (exact) mass is 486 g/mol. The topological polar surface area (TPSA) is 79.7 Å². The molecule has 190 valence electrons. The van der Waals surface area contributed by atoms with E-state index in [0.717, 1.165) is 34.3 Å². The van der Waals surface area contributed by atoms with E-state index in [1.54, 1.807) is 0 Å². The normalized spacial score (nSPS) is 13.1. The van der Waals surface area contributed by atoms with Gasteiger partial charge in [0.2, 0.25) is 0 Å². The lowest BCUT2D eigenvalue weighted by molar-refractivity contribution is 0.118. The lowest BCUT2D eigenvalue weighted by atomic mass is 9.96. The molecule has 0 amide bonds. The van der Waals surface area contributed by atoms with Gasteiger partial charge in [-0.15, -0.1) is 5.10 Å². The van der Waals surface area contributed by atoms with E-state index in [-0.39, 0.29) is 23.1 Å². The molecule has 0 spiro atoms. The summed E-state index contributed by atoms with van der Waals surface area (Å²) < 4.78 is 1.97. The van der Waals surface area contributed by atoms with Gasteiger partial charge in [-0.25, -0.2) is 4.68 Å². The maximum absolute atomic E-state index is 13.2. The molecule has 4 aromatic rings. The van der Waals surface area contributed by atoms with Crippen LogP contribution in [-0.4, -0.2) is 30.1 Å². The molecule has 0 aliphatic carbocycles. The minimum absolute atomic E-state index is 0.0590. The number of nitrogens with zero attached hydrogens (tertiary/aromatic N) is 5. The van der Waals surface area contributed by atoms with Crippen LogP contribution >= 0.6 is 0 Å². The molecule has 2 heterocycles. The van der Waals surface area contributed by atoms with Crippen LogP contribution < -0.4 is 5.56 Å². The molecule has 4 rings (SSSR count). The van der Waals surface area contributed by atoms with E-state index >= 15 is 0 Å². The second kappa shape index (κ2) is 10.3. The average Bonchev–Trinajstić information content (AvgIpc) is 3.31. The molecule has 7 nitrogen and oxygen atoms in total. The SMILES string of the molecule is CCC(C)(C)n1nnnc1C(C(C)C)N(Cc1ccc(C)cc1)Cc1cc2cc(C)ccc2[nH]c1=O. The van der Waals surface area contributed by atoms with Crippen LogP contribution in [0.25, 0.3) is 10.9 Å². The van der Waals surface area contributed by atoms with Gasteiger partial charge in [0.05, 0.1) is 11.6 Å². The molecule has 1 unspecified atom stereocenters. The fourth-order valence-electron chi connectivity index (χ4n) is 4.73. The first-order valence-corrected chi connectivity index (χ1v) is 12.8. The predicted octanol–water partition coefficient (Wildman–Crippen LogP) is 5.68. The summed E-state index contributed by atoms with van der Waals surface area (Å²) in [5.41, 5.74) is 4.88. The number of H-pyrrole nitrogens is 1. The van der Waals surface area contributed by atoms with Gasteiger partial charge in [-0.3, -0.25) is 9.69 Å². The van der Waals surface area contributed by atoms with Gasteiger partial charge in [0, 0.05) is 24.2 Å². The Morgan fingerprint density at radius 1 is 1.00 bits per heavy atom. The van der Waals surface area contributed by atoms with E-state index in [2.05, 4.69) is 104 Å². The van der Waals surface area contributed by atoms with Crippen molar-refractivity contribution in [3.63, 3.8) is 0 Å². The second-order valence-corrected chi connectivity index (χ2v) is 10.9. The first-order valence-electron chi connectivity index (χ1n) is 12.8. The Bertz CT molecular complexity index is 1380. The Morgan fingerprint density at radius 3 is 2.36 bits per heavy atom. The standard InChI is InChI=1S/C29H38N6O/c1-8-29(6,7)35-27(31-32-33-35)26(19(2)3)34(17-22-12-9-20(4)10-13-22)18-24-16-23-15-21(5)11-14-25(23)30-28(24)36/h9-16,19,26H,8,17-18H2,1-7H3,(H,30,36). The minimum atomic E-state index is -0.223. The molecule has 0 aliphatic rings. The summed E-state index contributed by atoms with van der Waals surface area (Å²) in [5, 5.41) is 14.1. The fourth-order valence-corrected chi connectivity index (χ4v) is 4.73. The van der Waals surface area contributed by atoms with E-state index in [1.165, 1.54) is 11.1 Å². The summed E-state index contributed by atoms with van der Waals surface area (Å²) in [7, 11) is 0. The number of aromatic amines is 1. The highest BCUT2D eigenvalue weighted by molar-refractivity contribution is 5.79.